The fraction of sp³-hybridized carbons (Fsp3) is 0.364. The topological polar surface area (TPSA) is 55.1 Å². The molecule has 0 aromatic heterocycles. The Bertz CT molecular complexity index is 364. The minimum Gasteiger partial charge on any atom is -0.398 e. The fourth-order valence-corrected chi connectivity index (χ4v) is 1.33. The summed E-state index contributed by atoms with van der Waals surface area (Å²) < 4.78 is 0.808. The van der Waals surface area contributed by atoms with E-state index in [9.17, 15) is 4.79 Å². The molecule has 1 amide bonds. The Hall–Kier alpha value is -1.03. The van der Waals surface area contributed by atoms with Crippen molar-refractivity contribution >= 4 is 27.5 Å². The standard InChI is InChI=1S/C11H15BrN2O/c1-7(2)6-14-11(15)8-3-4-9(12)10(13)5-8/h3-5,7H,6,13H2,1-2H3,(H,14,15). The van der Waals surface area contributed by atoms with Gasteiger partial charge in [-0.2, -0.15) is 0 Å². The van der Waals surface area contributed by atoms with Gasteiger partial charge in [0.25, 0.3) is 5.91 Å². The molecule has 3 N–H and O–H groups in total. The number of carbonyl (C=O) groups excluding carboxylic acids is 1. The van der Waals surface area contributed by atoms with Crippen molar-refractivity contribution in [2.24, 2.45) is 5.92 Å². The molecule has 0 bridgehead atoms. The zero-order valence-corrected chi connectivity index (χ0v) is 10.5. The SMILES string of the molecule is CC(C)CNC(=O)c1ccc(Br)c(N)c1. The van der Waals surface area contributed by atoms with Gasteiger partial charge in [0.05, 0.1) is 0 Å². The lowest BCUT2D eigenvalue weighted by atomic mass is 10.1. The molecule has 0 heterocycles. The highest BCUT2D eigenvalue weighted by Gasteiger charge is 2.07. The van der Waals surface area contributed by atoms with Gasteiger partial charge in [-0.05, 0) is 40.0 Å². The number of halogens is 1. The predicted octanol–water partition coefficient (Wildman–Crippen LogP) is 2.42. The summed E-state index contributed by atoms with van der Waals surface area (Å²) in [5, 5.41) is 2.84. The molecule has 0 radical (unpaired) electrons. The van der Waals surface area contributed by atoms with Gasteiger partial charge >= 0.3 is 0 Å². The lowest BCUT2D eigenvalue weighted by Gasteiger charge is -2.08. The van der Waals surface area contributed by atoms with Crippen molar-refractivity contribution in [3.8, 4) is 0 Å². The van der Waals surface area contributed by atoms with Gasteiger partial charge in [0.15, 0.2) is 0 Å². The Morgan fingerprint density at radius 2 is 2.20 bits per heavy atom. The van der Waals surface area contributed by atoms with Crippen molar-refractivity contribution in [1.29, 1.82) is 0 Å². The second-order valence-electron chi connectivity index (χ2n) is 3.84. The summed E-state index contributed by atoms with van der Waals surface area (Å²) in [6.07, 6.45) is 0. The number of hydrogen-bond donors (Lipinski definition) is 2. The molecule has 0 fully saturated rings. The molecule has 0 unspecified atom stereocenters. The molecule has 1 aromatic rings. The van der Waals surface area contributed by atoms with Crippen LogP contribution in [0.4, 0.5) is 5.69 Å². The van der Waals surface area contributed by atoms with E-state index >= 15 is 0 Å². The van der Waals surface area contributed by atoms with Crippen LogP contribution in [0.25, 0.3) is 0 Å². The van der Waals surface area contributed by atoms with Crippen LogP contribution in [-0.2, 0) is 0 Å². The molecular weight excluding hydrogens is 256 g/mol. The highest BCUT2D eigenvalue weighted by atomic mass is 79.9. The van der Waals surface area contributed by atoms with Crippen LogP contribution in [0.15, 0.2) is 22.7 Å². The maximum absolute atomic E-state index is 11.6. The van der Waals surface area contributed by atoms with Gasteiger partial charge in [0, 0.05) is 22.3 Å². The number of nitrogens with one attached hydrogen (secondary N) is 1. The van der Waals surface area contributed by atoms with E-state index in [1.807, 2.05) is 0 Å². The quantitative estimate of drug-likeness (QED) is 0.829. The van der Waals surface area contributed by atoms with Crippen LogP contribution < -0.4 is 11.1 Å². The first kappa shape index (κ1) is 12.0. The minimum atomic E-state index is -0.0806. The second-order valence-corrected chi connectivity index (χ2v) is 4.69. The van der Waals surface area contributed by atoms with E-state index in [-0.39, 0.29) is 5.91 Å². The first-order valence-corrected chi connectivity index (χ1v) is 5.63. The highest BCUT2D eigenvalue weighted by molar-refractivity contribution is 9.10. The average molecular weight is 271 g/mol. The molecule has 4 heteroatoms. The van der Waals surface area contributed by atoms with Gasteiger partial charge in [0.2, 0.25) is 0 Å². The second kappa shape index (κ2) is 5.16. The Balaban J connectivity index is 2.70. The van der Waals surface area contributed by atoms with Gasteiger partial charge in [-0.15, -0.1) is 0 Å². The number of benzene rings is 1. The highest BCUT2D eigenvalue weighted by Crippen LogP contribution is 2.20. The van der Waals surface area contributed by atoms with E-state index in [4.69, 9.17) is 5.73 Å². The molecule has 0 atom stereocenters. The summed E-state index contributed by atoms with van der Waals surface area (Å²) in [5.74, 6) is 0.365. The monoisotopic (exact) mass is 270 g/mol. The summed E-state index contributed by atoms with van der Waals surface area (Å²) >= 11 is 3.28. The summed E-state index contributed by atoms with van der Waals surface area (Å²) in [4.78, 5) is 11.6. The number of nitrogens with two attached hydrogens (primary N) is 1. The maximum atomic E-state index is 11.6. The van der Waals surface area contributed by atoms with Crippen molar-refractivity contribution < 1.29 is 4.79 Å². The fourth-order valence-electron chi connectivity index (χ4n) is 1.08. The third-order valence-electron chi connectivity index (χ3n) is 1.93. The third kappa shape index (κ3) is 3.55. The van der Waals surface area contributed by atoms with Crippen LogP contribution >= 0.6 is 15.9 Å². The van der Waals surface area contributed by atoms with E-state index in [1.165, 1.54) is 0 Å². The lowest BCUT2D eigenvalue weighted by molar-refractivity contribution is 0.0949. The number of rotatable bonds is 3. The number of carbonyl (C=O) groups is 1. The largest absolute Gasteiger partial charge is 0.398 e. The van der Waals surface area contributed by atoms with Crippen LogP contribution in [0.1, 0.15) is 24.2 Å². The molecular formula is C11H15BrN2O. The Labute approximate surface area is 98.2 Å². The zero-order valence-electron chi connectivity index (χ0n) is 8.88. The molecule has 0 aliphatic rings. The number of nitrogen functional groups attached to an aromatic ring is 1. The van der Waals surface area contributed by atoms with Gasteiger partial charge in [0.1, 0.15) is 0 Å². The summed E-state index contributed by atoms with van der Waals surface area (Å²) in [7, 11) is 0. The van der Waals surface area contributed by atoms with Gasteiger partial charge in [-0.25, -0.2) is 0 Å². The lowest BCUT2D eigenvalue weighted by Crippen LogP contribution is -2.27. The van der Waals surface area contributed by atoms with Crippen LogP contribution in [0.5, 0.6) is 0 Å². The average Bonchev–Trinajstić information content (AvgIpc) is 2.18. The van der Waals surface area contributed by atoms with E-state index in [2.05, 4.69) is 35.1 Å². The van der Waals surface area contributed by atoms with Crippen molar-refractivity contribution in [2.75, 3.05) is 12.3 Å². The van der Waals surface area contributed by atoms with Gasteiger partial charge in [-0.1, -0.05) is 13.8 Å². The maximum Gasteiger partial charge on any atom is 0.251 e. The van der Waals surface area contributed by atoms with Crippen LogP contribution in [0.3, 0.4) is 0 Å². The smallest absolute Gasteiger partial charge is 0.251 e. The summed E-state index contributed by atoms with van der Waals surface area (Å²) in [6.45, 7) is 4.78. The first-order chi connectivity index (χ1) is 7.00. The molecule has 82 valence electrons. The Morgan fingerprint density at radius 3 is 2.73 bits per heavy atom. The summed E-state index contributed by atoms with van der Waals surface area (Å²) in [6, 6.07) is 5.19. The van der Waals surface area contributed by atoms with E-state index in [0.29, 0.717) is 23.7 Å². The van der Waals surface area contributed by atoms with Crippen LogP contribution in [-0.4, -0.2) is 12.5 Å². The number of anilines is 1. The normalized spacial score (nSPS) is 10.4. The molecule has 0 spiro atoms. The van der Waals surface area contributed by atoms with Gasteiger partial charge < -0.3 is 11.1 Å². The molecule has 15 heavy (non-hydrogen) atoms. The van der Waals surface area contributed by atoms with Crippen LogP contribution in [0, 0.1) is 5.92 Å². The number of amides is 1. The Morgan fingerprint density at radius 1 is 1.53 bits per heavy atom. The molecule has 1 aromatic carbocycles. The zero-order chi connectivity index (χ0) is 11.4. The van der Waals surface area contributed by atoms with Crippen molar-refractivity contribution in [3.05, 3.63) is 28.2 Å². The molecule has 0 aliphatic heterocycles. The Kier molecular flexibility index (Phi) is 4.15. The minimum absolute atomic E-state index is 0.0806. The molecule has 0 aliphatic carbocycles. The predicted molar refractivity (Wildman–Crippen MR) is 65.7 cm³/mol. The van der Waals surface area contributed by atoms with Crippen molar-refractivity contribution in [3.63, 3.8) is 0 Å². The van der Waals surface area contributed by atoms with E-state index in [1.54, 1.807) is 18.2 Å². The molecule has 1 rings (SSSR count). The van der Waals surface area contributed by atoms with E-state index in [0.717, 1.165) is 4.47 Å². The van der Waals surface area contributed by atoms with Crippen molar-refractivity contribution in [2.45, 2.75) is 13.8 Å². The first-order valence-electron chi connectivity index (χ1n) is 4.84. The van der Waals surface area contributed by atoms with Crippen molar-refractivity contribution in [1.82, 2.24) is 5.32 Å². The summed E-state index contributed by atoms with van der Waals surface area (Å²) in [5.41, 5.74) is 6.86. The molecule has 0 saturated heterocycles. The van der Waals surface area contributed by atoms with Crippen LogP contribution in [0.2, 0.25) is 0 Å². The molecule has 0 saturated carbocycles. The third-order valence-corrected chi connectivity index (χ3v) is 2.65. The molecule has 3 nitrogen and oxygen atoms in total. The number of hydrogen-bond acceptors (Lipinski definition) is 2. The van der Waals surface area contributed by atoms with Gasteiger partial charge in [-0.3, -0.25) is 4.79 Å². The van der Waals surface area contributed by atoms with E-state index < -0.39 is 0 Å².